The highest BCUT2D eigenvalue weighted by molar-refractivity contribution is 5.95. The number of nitro groups is 1. The summed E-state index contributed by atoms with van der Waals surface area (Å²) in [4.78, 5) is 33.0. The van der Waals surface area contributed by atoms with Gasteiger partial charge in [-0.2, -0.15) is 0 Å². The average molecular weight is 365 g/mol. The van der Waals surface area contributed by atoms with Crippen LogP contribution in [0.15, 0.2) is 6.07 Å². The van der Waals surface area contributed by atoms with Crippen molar-refractivity contribution in [3.05, 3.63) is 27.3 Å². The normalized spacial score (nSPS) is 9.65. The number of esters is 1. The molecule has 0 spiro atoms. The van der Waals surface area contributed by atoms with E-state index in [1.807, 2.05) is 0 Å². The van der Waals surface area contributed by atoms with Gasteiger partial charge in [-0.05, 0) is 12.8 Å². The van der Waals surface area contributed by atoms with Crippen molar-refractivity contribution in [3.63, 3.8) is 0 Å². The van der Waals surface area contributed by atoms with Gasteiger partial charge in [0, 0.05) is 18.9 Å². The van der Waals surface area contributed by atoms with Crippen molar-refractivity contribution in [3.8, 4) is 23.3 Å². The van der Waals surface area contributed by atoms with Gasteiger partial charge in [0.2, 0.25) is 0 Å². The Morgan fingerprint density at radius 3 is 2.42 bits per heavy atom. The Labute approximate surface area is 150 Å². The van der Waals surface area contributed by atoms with Gasteiger partial charge in [-0.3, -0.25) is 14.9 Å². The summed E-state index contributed by atoms with van der Waals surface area (Å²) >= 11 is 0. The third-order valence-corrected chi connectivity index (χ3v) is 3.43. The molecule has 1 aromatic carbocycles. The summed E-state index contributed by atoms with van der Waals surface area (Å²) in [5, 5.41) is 20.6. The molecular formula is C17H19NO8. The van der Waals surface area contributed by atoms with Gasteiger partial charge in [0.05, 0.1) is 26.3 Å². The van der Waals surface area contributed by atoms with Crippen LogP contribution >= 0.6 is 0 Å². The molecule has 1 N–H and O–H groups in total. The number of carbonyl (C=O) groups is 2. The molecule has 0 bridgehead atoms. The van der Waals surface area contributed by atoms with Crippen LogP contribution in [0.1, 0.15) is 41.6 Å². The summed E-state index contributed by atoms with van der Waals surface area (Å²) in [6.07, 6.45) is 1.74. The van der Waals surface area contributed by atoms with Crippen LogP contribution in [0.4, 0.5) is 5.69 Å². The third kappa shape index (κ3) is 5.11. The summed E-state index contributed by atoms with van der Waals surface area (Å²) in [7, 11) is 3.87. The van der Waals surface area contributed by atoms with Gasteiger partial charge in [0.15, 0.2) is 11.5 Å². The highest BCUT2D eigenvalue weighted by atomic mass is 16.6. The summed E-state index contributed by atoms with van der Waals surface area (Å²) in [6.45, 7) is 0. The monoisotopic (exact) mass is 365 g/mol. The van der Waals surface area contributed by atoms with E-state index in [1.54, 1.807) is 0 Å². The van der Waals surface area contributed by atoms with Crippen molar-refractivity contribution in [1.29, 1.82) is 0 Å². The first-order chi connectivity index (χ1) is 12.4. The number of hydrogen-bond donors (Lipinski definition) is 1. The topological polar surface area (TPSA) is 125 Å². The number of rotatable bonds is 8. The van der Waals surface area contributed by atoms with E-state index in [0.29, 0.717) is 19.3 Å². The minimum absolute atomic E-state index is 0.00809. The van der Waals surface area contributed by atoms with Crippen LogP contribution in [-0.2, 0) is 9.53 Å². The molecule has 0 amide bonds. The number of hydrogen-bond acceptors (Lipinski definition) is 7. The van der Waals surface area contributed by atoms with E-state index in [4.69, 9.17) is 9.47 Å². The lowest BCUT2D eigenvalue weighted by Crippen LogP contribution is -2.07. The SMILES string of the molecule is COC(=O)CCCCC#Cc1c(OC)c(OC)cc(C(=O)O)c1[N+](=O)[O-]. The summed E-state index contributed by atoms with van der Waals surface area (Å²) < 4.78 is 14.7. The lowest BCUT2D eigenvalue weighted by atomic mass is 10.0. The third-order valence-electron chi connectivity index (χ3n) is 3.43. The zero-order chi connectivity index (χ0) is 19.7. The molecule has 9 heteroatoms. The molecule has 0 aliphatic rings. The molecule has 0 aromatic heterocycles. The largest absolute Gasteiger partial charge is 0.493 e. The van der Waals surface area contributed by atoms with E-state index in [0.717, 1.165) is 6.07 Å². The van der Waals surface area contributed by atoms with E-state index in [-0.39, 0.29) is 29.5 Å². The molecule has 26 heavy (non-hydrogen) atoms. The maximum Gasteiger partial charge on any atom is 0.342 e. The van der Waals surface area contributed by atoms with Crippen molar-refractivity contribution < 1.29 is 33.8 Å². The molecule has 140 valence electrons. The Kier molecular flexibility index (Phi) is 7.89. The smallest absolute Gasteiger partial charge is 0.342 e. The molecule has 1 rings (SSSR count). The summed E-state index contributed by atoms with van der Waals surface area (Å²) in [5.41, 5.74) is -1.36. The molecule has 0 aliphatic heterocycles. The van der Waals surface area contributed by atoms with Gasteiger partial charge in [-0.25, -0.2) is 4.79 Å². The second-order valence-electron chi connectivity index (χ2n) is 5.03. The fourth-order valence-corrected chi connectivity index (χ4v) is 2.19. The fraction of sp³-hybridized carbons (Fsp3) is 0.412. The minimum Gasteiger partial charge on any atom is -0.493 e. The Hall–Kier alpha value is -3.28. The maximum atomic E-state index is 11.4. The van der Waals surface area contributed by atoms with E-state index >= 15 is 0 Å². The average Bonchev–Trinajstić information content (AvgIpc) is 2.62. The highest BCUT2D eigenvalue weighted by Crippen LogP contribution is 2.39. The number of carboxylic acid groups (broad SMARTS) is 1. The van der Waals surface area contributed by atoms with Crippen LogP contribution in [-0.4, -0.2) is 43.3 Å². The predicted molar refractivity (Wildman–Crippen MR) is 90.5 cm³/mol. The number of nitro benzene ring substituents is 1. The van der Waals surface area contributed by atoms with E-state index in [9.17, 15) is 24.8 Å². The summed E-state index contributed by atoms with van der Waals surface area (Å²) in [6, 6.07) is 1.03. The van der Waals surface area contributed by atoms with Gasteiger partial charge in [0.1, 0.15) is 11.1 Å². The minimum atomic E-state index is -1.47. The van der Waals surface area contributed by atoms with Crippen molar-refractivity contribution in [2.75, 3.05) is 21.3 Å². The number of benzene rings is 1. The van der Waals surface area contributed by atoms with Crippen LogP contribution in [0.2, 0.25) is 0 Å². The number of aromatic carboxylic acids is 1. The number of ether oxygens (including phenoxy) is 3. The first-order valence-corrected chi connectivity index (χ1v) is 7.59. The molecule has 0 fully saturated rings. The Balaban J connectivity index is 3.21. The molecule has 1 aromatic rings. The molecule has 0 heterocycles. The number of carbonyl (C=O) groups excluding carboxylic acids is 1. The van der Waals surface area contributed by atoms with Crippen LogP contribution < -0.4 is 9.47 Å². The highest BCUT2D eigenvalue weighted by Gasteiger charge is 2.30. The van der Waals surface area contributed by atoms with Gasteiger partial charge >= 0.3 is 17.6 Å². The number of unbranched alkanes of at least 4 members (excludes halogenated alkanes) is 2. The van der Waals surface area contributed by atoms with Crippen LogP contribution in [0.3, 0.4) is 0 Å². The first kappa shape index (κ1) is 20.8. The number of nitrogens with zero attached hydrogens (tertiary/aromatic N) is 1. The second kappa shape index (κ2) is 9.88. The van der Waals surface area contributed by atoms with Crippen molar-refractivity contribution in [2.24, 2.45) is 0 Å². The molecule has 0 saturated carbocycles. The molecule has 9 nitrogen and oxygen atoms in total. The van der Waals surface area contributed by atoms with E-state index in [2.05, 4.69) is 16.6 Å². The van der Waals surface area contributed by atoms with Crippen LogP contribution in [0.5, 0.6) is 11.5 Å². The standard InChI is InChI=1S/C17H19NO8/c1-24-13-10-12(17(20)21)15(18(22)23)11(16(13)26-3)8-6-4-5-7-9-14(19)25-2/h10H,4-5,7,9H2,1-3H3,(H,20,21). The Morgan fingerprint density at radius 1 is 1.23 bits per heavy atom. The molecular weight excluding hydrogens is 346 g/mol. The number of carboxylic acids is 1. The summed E-state index contributed by atoms with van der Waals surface area (Å²) in [5.74, 6) is 3.58. The molecule has 0 aliphatic carbocycles. The van der Waals surface area contributed by atoms with Gasteiger partial charge in [-0.1, -0.05) is 11.8 Å². The lowest BCUT2D eigenvalue weighted by molar-refractivity contribution is -0.385. The van der Waals surface area contributed by atoms with E-state index < -0.39 is 22.1 Å². The Bertz CT molecular complexity index is 760. The van der Waals surface area contributed by atoms with E-state index in [1.165, 1.54) is 21.3 Å². The van der Waals surface area contributed by atoms with Crippen molar-refractivity contribution in [2.45, 2.75) is 25.7 Å². The zero-order valence-corrected chi connectivity index (χ0v) is 14.7. The maximum absolute atomic E-state index is 11.4. The lowest BCUT2D eigenvalue weighted by Gasteiger charge is -2.11. The molecule has 0 unspecified atom stereocenters. The number of methoxy groups -OCH3 is 3. The first-order valence-electron chi connectivity index (χ1n) is 7.59. The predicted octanol–water partition coefficient (Wildman–Crippen LogP) is 2.40. The molecule has 0 radical (unpaired) electrons. The van der Waals surface area contributed by atoms with Gasteiger partial charge < -0.3 is 19.3 Å². The second-order valence-corrected chi connectivity index (χ2v) is 5.03. The van der Waals surface area contributed by atoms with Crippen molar-refractivity contribution in [1.82, 2.24) is 0 Å². The molecule has 0 saturated heterocycles. The quantitative estimate of drug-likeness (QED) is 0.245. The fourth-order valence-electron chi connectivity index (χ4n) is 2.19. The van der Waals surface area contributed by atoms with Crippen molar-refractivity contribution >= 4 is 17.6 Å². The van der Waals surface area contributed by atoms with Crippen LogP contribution in [0, 0.1) is 22.0 Å². The van der Waals surface area contributed by atoms with Gasteiger partial charge in [-0.15, -0.1) is 0 Å². The Morgan fingerprint density at radius 2 is 1.92 bits per heavy atom. The van der Waals surface area contributed by atoms with Gasteiger partial charge in [0.25, 0.3) is 0 Å². The molecule has 0 atom stereocenters. The van der Waals surface area contributed by atoms with Crippen LogP contribution in [0.25, 0.3) is 0 Å². The zero-order valence-electron chi connectivity index (χ0n) is 14.7.